The zero-order chi connectivity index (χ0) is 24.9. The summed E-state index contributed by atoms with van der Waals surface area (Å²) < 4.78 is 0. The predicted molar refractivity (Wildman–Crippen MR) is 137 cm³/mol. The molecule has 0 amide bonds. The summed E-state index contributed by atoms with van der Waals surface area (Å²) in [5.41, 5.74) is 2.10. The molecular weight excluding hydrogens is 508 g/mol. The van der Waals surface area contributed by atoms with Crippen LogP contribution in [-0.4, -0.2) is 31.2 Å². The number of carbonyl (C=O) groups is 1. The maximum absolute atomic E-state index is 11.9. The predicted octanol–water partition coefficient (Wildman–Crippen LogP) is 6.71. The average molecular weight is 525 g/mol. The molecular formula is C24H17ClN4O4S2. The molecule has 2 N–H and O–H groups in total. The molecule has 0 bridgehead atoms. The van der Waals surface area contributed by atoms with Gasteiger partial charge < -0.3 is 5.11 Å². The fourth-order valence-electron chi connectivity index (χ4n) is 3.00. The number of hydrogen-bond donors (Lipinski definition) is 2. The first kappa shape index (κ1) is 24.5. The second-order valence-corrected chi connectivity index (χ2v) is 9.85. The summed E-state index contributed by atoms with van der Waals surface area (Å²) in [6.07, 6.45) is 1.36. The van der Waals surface area contributed by atoms with Crippen molar-refractivity contribution in [2.45, 2.75) is 21.9 Å². The summed E-state index contributed by atoms with van der Waals surface area (Å²) >= 11 is 8.02. The highest BCUT2D eigenvalue weighted by Gasteiger charge is 2.18. The lowest BCUT2D eigenvalue weighted by atomic mass is 10.2. The molecule has 1 heterocycles. The van der Waals surface area contributed by atoms with Gasteiger partial charge in [-0.15, -0.1) is 5.10 Å². The van der Waals surface area contributed by atoms with Crippen LogP contribution in [0.1, 0.15) is 11.1 Å². The van der Waals surface area contributed by atoms with Crippen molar-refractivity contribution in [3.8, 4) is 11.4 Å². The fourth-order valence-corrected chi connectivity index (χ4v) is 4.73. The van der Waals surface area contributed by atoms with Gasteiger partial charge in [-0.25, -0.2) is 9.78 Å². The van der Waals surface area contributed by atoms with Gasteiger partial charge in [0.2, 0.25) is 5.16 Å². The van der Waals surface area contributed by atoms with E-state index in [0.29, 0.717) is 21.3 Å². The van der Waals surface area contributed by atoms with Gasteiger partial charge in [0.15, 0.2) is 5.82 Å². The van der Waals surface area contributed by atoms with Crippen LogP contribution in [0.3, 0.4) is 0 Å². The van der Waals surface area contributed by atoms with Crippen molar-refractivity contribution in [3.05, 3.63) is 97.9 Å². The van der Waals surface area contributed by atoms with Gasteiger partial charge in [-0.3, -0.25) is 15.2 Å². The highest BCUT2D eigenvalue weighted by atomic mass is 35.5. The Bertz CT molecular complexity index is 1420. The number of halogens is 1. The topological polar surface area (TPSA) is 122 Å². The molecule has 0 fully saturated rings. The molecule has 176 valence electrons. The van der Waals surface area contributed by atoms with E-state index in [-0.39, 0.29) is 15.7 Å². The monoisotopic (exact) mass is 524 g/mol. The number of nitrogens with one attached hydrogen (secondary N) is 1. The molecule has 0 unspecified atom stereocenters. The van der Waals surface area contributed by atoms with Crippen LogP contribution >= 0.6 is 35.1 Å². The summed E-state index contributed by atoms with van der Waals surface area (Å²) in [5, 5.41) is 29.0. The number of aryl methyl sites for hydroxylation is 1. The number of thioether (sulfide) groups is 1. The lowest BCUT2D eigenvalue weighted by Gasteiger charge is -2.05. The second-order valence-electron chi connectivity index (χ2n) is 7.29. The zero-order valence-electron chi connectivity index (χ0n) is 18.1. The third kappa shape index (κ3) is 6.30. The Kier molecular flexibility index (Phi) is 7.54. The average Bonchev–Trinajstić information content (AvgIpc) is 3.30. The van der Waals surface area contributed by atoms with Gasteiger partial charge in [0, 0.05) is 21.5 Å². The molecule has 0 aliphatic carbocycles. The number of nitro benzene ring substituents is 1. The van der Waals surface area contributed by atoms with E-state index < -0.39 is 10.9 Å². The number of carboxylic acids is 1. The molecule has 0 aliphatic heterocycles. The van der Waals surface area contributed by atoms with Crippen molar-refractivity contribution in [1.29, 1.82) is 0 Å². The van der Waals surface area contributed by atoms with Crippen molar-refractivity contribution >= 4 is 52.9 Å². The van der Waals surface area contributed by atoms with Gasteiger partial charge in [0.05, 0.1) is 9.82 Å². The Balaban J connectivity index is 1.58. The van der Waals surface area contributed by atoms with Gasteiger partial charge in [0.1, 0.15) is 4.91 Å². The van der Waals surface area contributed by atoms with Gasteiger partial charge in [-0.2, -0.15) is 0 Å². The number of nitro groups is 1. The van der Waals surface area contributed by atoms with Gasteiger partial charge in [0.25, 0.3) is 5.69 Å². The minimum Gasteiger partial charge on any atom is -0.477 e. The summed E-state index contributed by atoms with van der Waals surface area (Å²) in [6, 6.07) is 19.2. The Morgan fingerprint density at radius 2 is 1.83 bits per heavy atom. The number of benzene rings is 3. The Morgan fingerprint density at radius 1 is 1.11 bits per heavy atom. The SMILES string of the molecule is Cc1ccc(Sc2ccc(/C=C(/Sc3n[nH]c(-c4ccc(Cl)cc4)n3)C(=O)O)cc2[N+](=O)[O-])cc1. The van der Waals surface area contributed by atoms with Crippen LogP contribution in [0.25, 0.3) is 17.5 Å². The van der Waals surface area contributed by atoms with Crippen LogP contribution in [0.4, 0.5) is 5.69 Å². The lowest BCUT2D eigenvalue weighted by Crippen LogP contribution is -1.98. The van der Waals surface area contributed by atoms with Crippen molar-refractivity contribution in [1.82, 2.24) is 15.2 Å². The quantitative estimate of drug-likeness (QED) is 0.113. The van der Waals surface area contributed by atoms with E-state index in [4.69, 9.17) is 11.6 Å². The molecule has 0 aliphatic rings. The number of nitrogens with zero attached hydrogens (tertiary/aromatic N) is 3. The largest absolute Gasteiger partial charge is 0.477 e. The number of aliphatic carboxylic acids is 1. The first-order valence-corrected chi connectivity index (χ1v) is 12.1. The molecule has 0 saturated carbocycles. The fraction of sp³-hybridized carbons (Fsp3) is 0.0417. The minimum atomic E-state index is -1.20. The molecule has 0 atom stereocenters. The normalized spacial score (nSPS) is 11.4. The first-order valence-electron chi connectivity index (χ1n) is 10.1. The van der Waals surface area contributed by atoms with E-state index in [1.165, 1.54) is 23.9 Å². The third-order valence-corrected chi connectivity index (χ3v) is 6.92. The van der Waals surface area contributed by atoms with E-state index in [9.17, 15) is 20.0 Å². The van der Waals surface area contributed by atoms with Crippen LogP contribution in [0.15, 0.2) is 86.6 Å². The van der Waals surface area contributed by atoms with Gasteiger partial charge in [-0.05, 0) is 72.8 Å². The molecule has 3 aromatic carbocycles. The summed E-state index contributed by atoms with van der Waals surface area (Å²) in [5.74, 6) is -0.740. The van der Waals surface area contributed by atoms with E-state index >= 15 is 0 Å². The molecule has 11 heteroatoms. The standard InChI is InChI=1S/C24H17ClN4O4S2/c1-14-2-9-18(10-3-14)34-20-11-4-15(12-19(20)29(32)33)13-21(23(30)31)35-24-26-22(27-28-24)16-5-7-17(25)8-6-16/h2-13H,1H3,(H,30,31)(H,26,27,28)/b21-13+. The lowest BCUT2D eigenvalue weighted by molar-refractivity contribution is -0.387. The van der Waals surface area contributed by atoms with Crippen LogP contribution in [-0.2, 0) is 4.79 Å². The van der Waals surface area contributed by atoms with Crippen LogP contribution in [0, 0.1) is 17.0 Å². The molecule has 0 spiro atoms. The number of aromatic nitrogens is 3. The summed E-state index contributed by atoms with van der Waals surface area (Å²) in [4.78, 5) is 28.7. The molecule has 35 heavy (non-hydrogen) atoms. The minimum absolute atomic E-state index is 0.0834. The smallest absolute Gasteiger partial charge is 0.342 e. The molecule has 8 nitrogen and oxygen atoms in total. The van der Waals surface area contributed by atoms with Crippen LogP contribution in [0.2, 0.25) is 5.02 Å². The van der Waals surface area contributed by atoms with Crippen molar-refractivity contribution in [2.24, 2.45) is 0 Å². The number of carboxylic acid groups (broad SMARTS) is 1. The number of H-pyrrole nitrogens is 1. The van der Waals surface area contributed by atoms with Gasteiger partial charge >= 0.3 is 5.97 Å². The summed E-state index contributed by atoms with van der Waals surface area (Å²) in [6.45, 7) is 1.97. The van der Waals surface area contributed by atoms with E-state index in [1.807, 2.05) is 31.2 Å². The first-order chi connectivity index (χ1) is 16.8. The van der Waals surface area contributed by atoms with E-state index in [1.54, 1.807) is 36.4 Å². The Morgan fingerprint density at radius 3 is 2.49 bits per heavy atom. The van der Waals surface area contributed by atoms with Crippen LogP contribution in [0.5, 0.6) is 0 Å². The Hall–Kier alpha value is -3.60. The second kappa shape index (κ2) is 10.8. The zero-order valence-corrected chi connectivity index (χ0v) is 20.5. The maximum Gasteiger partial charge on any atom is 0.342 e. The summed E-state index contributed by atoms with van der Waals surface area (Å²) in [7, 11) is 0. The third-order valence-electron chi connectivity index (χ3n) is 4.72. The maximum atomic E-state index is 11.9. The number of rotatable bonds is 8. The molecule has 1 aromatic heterocycles. The van der Waals surface area contributed by atoms with E-state index in [2.05, 4.69) is 15.2 Å². The molecule has 0 radical (unpaired) electrons. The molecule has 4 rings (SSSR count). The Labute approximate surface area is 213 Å². The number of aromatic amines is 1. The van der Waals surface area contributed by atoms with Crippen molar-refractivity contribution < 1.29 is 14.8 Å². The molecule has 0 saturated heterocycles. The van der Waals surface area contributed by atoms with Crippen molar-refractivity contribution in [3.63, 3.8) is 0 Å². The number of hydrogen-bond acceptors (Lipinski definition) is 7. The van der Waals surface area contributed by atoms with Gasteiger partial charge in [-0.1, -0.05) is 47.1 Å². The van der Waals surface area contributed by atoms with Crippen LogP contribution < -0.4 is 0 Å². The van der Waals surface area contributed by atoms with Crippen molar-refractivity contribution in [2.75, 3.05) is 0 Å². The highest BCUT2D eigenvalue weighted by Crippen LogP contribution is 2.36. The highest BCUT2D eigenvalue weighted by molar-refractivity contribution is 8.04. The molecule has 4 aromatic rings. The van der Waals surface area contributed by atoms with E-state index in [0.717, 1.165) is 27.8 Å².